The molecule has 0 bridgehead atoms. The summed E-state index contributed by atoms with van der Waals surface area (Å²) in [7, 11) is 0. The Morgan fingerprint density at radius 2 is 1.90 bits per heavy atom. The van der Waals surface area contributed by atoms with Gasteiger partial charge in [0, 0.05) is 6.54 Å². The van der Waals surface area contributed by atoms with Crippen molar-refractivity contribution in [2.75, 3.05) is 13.1 Å². The highest BCUT2D eigenvalue weighted by molar-refractivity contribution is 8.26. The van der Waals surface area contributed by atoms with Gasteiger partial charge in [-0.3, -0.25) is 14.5 Å². The van der Waals surface area contributed by atoms with Gasteiger partial charge in [-0.15, -0.1) is 0 Å². The van der Waals surface area contributed by atoms with Gasteiger partial charge in [-0.05, 0) is 35.8 Å². The van der Waals surface area contributed by atoms with E-state index in [-0.39, 0.29) is 29.9 Å². The molecule has 30 heavy (non-hydrogen) atoms. The highest BCUT2D eigenvalue weighted by atomic mass is 32.2. The number of thiocarbonyl (C=S) groups is 1. The van der Waals surface area contributed by atoms with Crippen LogP contribution in [0.2, 0.25) is 0 Å². The second-order valence-corrected chi connectivity index (χ2v) is 8.16. The summed E-state index contributed by atoms with van der Waals surface area (Å²) in [6.07, 6.45) is 5.85. The first-order valence-electron chi connectivity index (χ1n) is 9.18. The number of aromatic hydroxyl groups is 2. The Morgan fingerprint density at radius 1 is 1.13 bits per heavy atom. The predicted molar refractivity (Wildman–Crippen MR) is 122 cm³/mol. The molecule has 0 aromatic heterocycles. The molecule has 3 N–H and O–H groups in total. The Kier molecular flexibility index (Phi) is 7.26. The molecule has 6 nitrogen and oxygen atoms in total. The minimum atomic E-state index is -0.324. The molecule has 3 rings (SSSR count). The molecule has 0 unspecified atom stereocenters. The quantitative estimate of drug-likeness (QED) is 0.348. The van der Waals surface area contributed by atoms with Crippen molar-refractivity contribution in [2.24, 2.45) is 0 Å². The Bertz CT molecular complexity index is 1020. The minimum Gasteiger partial charge on any atom is -0.504 e. The molecule has 8 heteroatoms. The van der Waals surface area contributed by atoms with E-state index in [4.69, 9.17) is 12.2 Å². The van der Waals surface area contributed by atoms with Gasteiger partial charge in [0.05, 0.1) is 4.91 Å². The zero-order valence-electron chi connectivity index (χ0n) is 15.9. The fourth-order valence-corrected chi connectivity index (χ4v) is 3.94. The summed E-state index contributed by atoms with van der Waals surface area (Å²) in [4.78, 5) is 26.5. The highest BCUT2D eigenvalue weighted by Crippen LogP contribution is 2.30. The molecule has 2 amide bonds. The Hall–Kier alpha value is -3.10. The molecule has 0 saturated carbocycles. The summed E-state index contributed by atoms with van der Waals surface area (Å²) in [5, 5.41) is 21.6. The van der Waals surface area contributed by atoms with Crippen molar-refractivity contribution in [1.29, 1.82) is 0 Å². The van der Waals surface area contributed by atoms with Gasteiger partial charge in [-0.1, -0.05) is 72.5 Å². The van der Waals surface area contributed by atoms with E-state index in [1.54, 1.807) is 18.2 Å². The molecule has 154 valence electrons. The number of nitrogens with one attached hydrogen (secondary N) is 1. The van der Waals surface area contributed by atoms with E-state index in [0.29, 0.717) is 22.2 Å². The van der Waals surface area contributed by atoms with Gasteiger partial charge >= 0.3 is 0 Å². The second-order valence-electron chi connectivity index (χ2n) is 6.48. The third kappa shape index (κ3) is 5.71. The standard InChI is InChI=1S/C22H20N2O4S2/c25-17-10-9-16(13-18(17)26)11-12-23-20(27)14-24-21(28)19(30-22(24)29)8-4-7-15-5-2-1-3-6-15/h1-10,13,25-26H,11-12,14H2,(H,23,27). The Balaban J connectivity index is 1.50. The number of carbonyl (C=O) groups is 2. The number of thioether (sulfide) groups is 1. The molecule has 1 fully saturated rings. The first-order valence-corrected chi connectivity index (χ1v) is 10.4. The fraction of sp³-hybridized carbons (Fsp3) is 0.136. The maximum atomic E-state index is 12.5. The van der Waals surface area contributed by atoms with E-state index in [0.717, 1.165) is 11.1 Å². The summed E-state index contributed by atoms with van der Waals surface area (Å²) < 4.78 is 0.345. The molecule has 1 heterocycles. The molecule has 1 saturated heterocycles. The lowest BCUT2D eigenvalue weighted by Crippen LogP contribution is -2.40. The summed E-state index contributed by atoms with van der Waals surface area (Å²) in [6.45, 7) is 0.179. The number of hydrogen-bond acceptors (Lipinski definition) is 6. The lowest BCUT2D eigenvalue weighted by Gasteiger charge is -2.14. The van der Waals surface area contributed by atoms with Crippen LogP contribution in [0.3, 0.4) is 0 Å². The molecule has 0 radical (unpaired) electrons. The van der Waals surface area contributed by atoms with Gasteiger partial charge in [0.2, 0.25) is 5.91 Å². The van der Waals surface area contributed by atoms with Crippen LogP contribution in [0.25, 0.3) is 6.08 Å². The topological polar surface area (TPSA) is 89.9 Å². The van der Waals surface area contributed by atoms with Crippen LogP contribution in [-0.2, 0) is 16.0 Å². The number of amides is 2. The van der Waals surface area contributed by atoms with Crippen LogP contribution in [0.1, 0.15) is 11.1 Å². The monoisotopic (exact) mass is 440 g/mol. The smallest absolute Gasteiger partial charge is 0.266 e. The third-order valence-electron chi connectivity index (χ3n) is 4.29. The normalized spacial score (nSPS) is 15.3. The van der Waals surface area contributed by atoms with E-state index in [9.17, 15) is 19.8 Å². The predicted octanol–water partition coefficient (Wildman–Crippen LogP) is 3.21. The number of carbonyl (C=O) groups excluding carboxylic acids is 2. The summed E-state index contributed by atoms with van der Waals surface area (Å²) in [5.41, 5.74) is 1.79. The zero-order chi connectivity index (χ0) is 21.5. The number of phenols is 2. The number of nitrogens with zero attached hydrogens (tertiary/aromatic N) is 1. The first-order chi connectivity index (χ1) is 14.4. The summed E-state index contributed by atoms with van der Waals surface area (Å²) in [6, 6.07) is 14.2. The van der Waals surface area contributed by atoms with E-state index in [2.05, 4.69) is 5.32 Å². The van der Waals surface area contributed by atoms with Crippen LogP contribution in [0.5, 0.6) is 11.5 Å². The summed E-state index contributed by atoms with van der Waals surface area (Å²) >= 11 is 6.41. The van der Waals surface area contributed by atoms with Gasteiger partial charge in [0.1, 0.15) is 10.9 Å². The average Bonchev–Trinajstić information content (AvgIpc) is 2.99. The molecule has 2 aromatic rings. The molecule has 0 aliphatic carbocycles. The maximum absolute atomic E-state index is 12.5. The van der Waals surface area contributed by atoms with Gasteiger partial charge < -0.3 is 15.5 Å². The number of phenolic OH excluding ortho intramolecular Hbond substituents is 2. The molecule has 0 spiro atoms. The molecular weight excluding hydrogens is 420 g/mol. The second kappa shape index (κ2) is 10.1. The van der Waals surface area contributed by atoms with Crippen LogP contribution in [0.4, 0.5) is 0 Å². The van der Waals surface area contributed by atoms with E-state index < -0.39 is 0 Å². The maximum Gasteiger partial charge on any atom is 0.266 e. The number of rotatable bonds is 7. The van der Waals surface area contributed by atoms with Crippen molar-refractivity contribution in [1.82, 2.24) is 10.2 Å². The number of allylic oxidation sites excluding steroid dienone is 2. The largest absolute Gasteiger partial charge is 0.504 e. The molecule has 2 aromatic carbocycles. The molecule has 0 atom stereocenters. The molecule has 1 aliphatic rings. The Labute approximate surface area is 183 Å². The Morgan fingerprint density at radius 3 is 2.63 bits per heavy atom. The highest BCUT2D eigenvalue weighted by Gasteiger charge is 2.32. The van der Waals surface area contributed by atoms with E-state index in [1.165, 1.54) is 28.8 Å². The van der Waals surface area contributed by atoms with Crippen LogP contribution in [-0.4, -0.2) is 44.3 Å². The summed E-state index contributed by atoms with van der Waals surface area (Å²) in [5.74, 6) is -1.01. The van der Waals surface area contributed by atoms with Gasteiger partial charge in [-0.2, -0.15) is 0 Å². The minimum absolute atomic E-state index is 0.148. The van der Waals surface area contributed by atoms with Crippen molar-refractivity contribution < 1.29 is 19.8 Å². The van der Waals surface area contributed by atoms with Crippen LogP contribution >= 0.6 is 24.0 Å². The number of hydrogen-bond donors (Lipinski definition) is 3. The van der Waals surface area contributed by atoms with Crippen molar-refractivity contribution in [2.45, 2.75) is 6.42 Å². The van der Waals surface area contributed by atoms with E-state index in [1.807, 2.05) is 36.4 Å². The van der Waals surface area contributed by atoms with Crippen molar-refractivity contribution in [3.8, 4) is 11.5 Å². The van der Waals surface area contributed by atoms with Crippen LogP contribution < -0.4 is 5.32 Å². The lowest BCUT2D eigenvalue weighted by atomic mass is 10.1. The number of benzene rings is 2. The SMILES string of the molecule is O=C(CN1C(=O)C(=CC=Cc2ccccc2)SC1=S)NCCc1ccc(O)c(O)c1. The van der Waals surface area contributed by atoms with E-state index >= 15 is 0 Å². The van der Waals surface area contributed by atoms with Crippen molar-refractivity contribution >= 4 is 46.2 Å². The zero-order valence-corrected chi connectivity index (χ0v) is 17.6. The van der Waals surface area contributed by atoms with Crippen molar-refractivity contribution in [3.05, 3.63) is 76.7 Å². The van der Waals surface area contributed by atoms with Crippen molar-refractivity contribution in [3.63, 3.8) is 0 Å². The first kappa shape index (κ1) is 21.6. The van der Waals surface area contributed by atoms with Crippen LogP contribution in [0, 0.1) is 0 Å². The lowest BCUT2D eigenvalue weighted by molar-refractivity contribution is -0.128. The average molecular weight is 441 g/mol. The molecule has 1 aliphatic heterocycles. The fourth-order valence-electron chi connectivity index (χ4n) is 2.73. The van der Waals surface area contributed by atoms with Gasteiger partial charge in [0.15, 0.2) is 11.5 Å². The van der Waals surface area contributed by atoms with Crippen LogP contribution in [0.15, 0.2) is 65.6 Å². The molecular formula is C22H20N2O4S2. The third-order valence-corrected chi connectivity index (χ3v) is 5.68. The van der Waals surface area contributed by atoms with Gasteiger partial charge in [0.25, 0.3) is 5.91 Å². The van der Waals surface area contributed by atoms with Gasteiger partial charge in [-0.25, -0.2) is 0 Å².